The van der Waals surface area contributed by atoms with Crippen molar-refractivity contribution in [3.05, 3.63) is 53.1 Å². The highest BCUT2D eigenvalue weighted by Gasteiger charge is 2.31. The number of aromatic amines is 1. The van der Waals surface area contributed by atoms with Gasteiger partial charge in [-0.1, -0.05) is 36.6 Å². The molecule has 2 aliphatic rings. The third kappa shape index (κ3) is 4.23. The first-order valence-corrected chi connectivity index (χ1v) is 12.8. The van der Waals surface area contributed by atoms with Crippen molar-refractivity contribution in [1.29, 1.82) is 0 Å². The molecule has 0 amide bonds. The van der Waals surface area contributed by atoms with Crippen LogP contribution in [0.5, 0.6) is 0 Å². The Kier molecular flexibility index (Phi) is 5.52. The van der Waals surface area contributed by atoms with Crippen molar-refractivity contribution < 1.29 is 12.8 Å². The van der Waals surface area contributed by atoms with Gasteiger partial charge in [-0.25, -0.2) is 22.1 Å². The van der Waals surface area contributed by atoms with Gasteiger partial charge in [-0.3, -0.25) is 0 Å². The van der Waals surface area contributed by atoms with Crippen molar-refractivity contribution in [2.45, 2.75) is 38.0 Å². The minimum absolute atomic E-state index is 0.220. The van der Waals surface area contributed by atoms with Gasteiger partial charge < -0.3 is 4.98 Å². The van der Waals surface area contributed by atoms with Gasteiger partial charge >= 0.3 is 0 Å². The first kappa shape index (κ1) is 20.9. The summed E-state index contributed by atoms with van der Waals surface area (Å²) in [6.07, 6.45) is 7.61. The quantitative estimate of drug-likeness (QED) is 0.539. The van der Waals surface area contributed by atoms with Crippen LogP contribution in [0.4, 0.5) is 4.39 Å². The Morgan fingerprint density at radius 2 is 1.94 bits per heavy atom. The summed E-state index contributed by atoms with van der Waals surface area (Å²) < 4.78 is 41.1. The van der Waals surface area contributed by atoms with E-state index in [1.165, 1.54) is 19.0 Å². The van der Waals surface area contributed by atoms with Crippen molar-refractivity contribution >= 4 is 32.7 Å². The van der Waals surface area contributed by atoms with E-state index >= 15 is 0 Å². The maximum atomic E-state index is 14.2. The Morgan fingerprint density at radius 3 is 2.65 bits per heavy atom. The lowest BCUT2D eigenvalue weighted by atomic mass is 9.89. The van der Waals surface area contributed by atoms with Crippen molar-refractivity contribution in [3.63, 3.8) is 0 Å². The Bertz CT molecular complexity index is 1210. The molecule has 1 N–H and O–H groups in total. The van der Waals surface area contributed by atoms with Gasteiger partial charge in [0.2, 0.25) is 10.0 Å². The number of piperidine rings is 1. The SMILES string of the molecule is O=S(=O)(CCC1CC1)N1CCC(c2ccc(-c3ccnc4[nH]cc(F)c34)cc2Cl)CC1. The lowest BCUT2D eigenvalue weighted by molar-refractivity contribution is 0.319. The fourth-order valence-electron chi connectivity index (χ4n) is 4.58. The first-order chi connectivity index (χ1) is 14.9. The number of aromatic nitrogens is 2. The molecule has 1 aromatic carbocycles. The van der Waals surface area contributed by atoms with Crippen molar-refractivity contribution in [2.24, 2.45) is 5.92 Å². The number of sulfonamides is 1. The molecule has 5 rings (SSSR count). The highest BCUT2D eigenvalue weighted by molar-refractivity contribution is 7.89. The summed E-state index contributed by atoms with van der Waals surface area (Å²) in [6, 6.07) is 7.62. The Morgan fingerprint density at radius 1 is 1.16 bits per heavy atom. The first-order valence-electron chi connectivity index (χ1n) is 10.8. The van der Waals surface area contributed by atoms with E-state index in [9.17, 15) is 12.8 Å². The molecule has 2 fully saturated rings. The normalized spacial score (nSPS) is 18.6. The van der Waals surface area contributed by atoms with Crippen molar-refractivity contribution in [1.82, 2.24) is 14.3 Å². The van der Waals surface area contributed by atoms with E-state index in [2.05, 4.69) is 9.97 Å². The summed E-state index contributed by atoms with van der Waals surface area (Å²) in [5.74, 6) is 0.769. The van der Waals surface area contributed by atoms with Crippen LogP contribution in [0.1, 0.15) is 43.6 Å². The van der Waals surface area contributed by atoms with Crippen LogP contribution >= 0.6 is 11.6 Å². The van der Waals surface area contributed by atoms with E-state index < -0.39 is 10.0 Å². The number of H-pyrrole nitrogens is 1. The second-order valence-corrected chi connectivity index (χ2v) is 11.2. The van der Waals surface area contributed by atoms with Crippen LogP contribution in [0.2, 0.25) is 5.02 Å². The van der Waals surface area contributed by atoms with Gasteiger partial charge in [0.15, 0.2) is 5.82 Å². The minimum Gasteiger partial charge on any atom is -0.343 e. The van der Waals surface area contributed by atoms with Crippen molar-refractivity contribution in [2.75, 3.05) is 18.8 Å². The zero-order chi connectivity index (χ0) is 21.6. The van der Waals surface area contributed by atoms with Crippen molar-refractivity contribution in [3.8, 4) is 11.1 Å². The molecule has 1 aliphatic heterocycles. The van der Waals surface area contributed by atoms with E-state index in [-0.39, 0.29) is 17.5 Å². The number of hydrogen-bond donors (Lipinski definition) is 1. The molecule has 1 saturated carbocycles. The molecule has 1 saturated heterocycles. The molecule has 164 valence electrons. The predicted octanol–water partition coefficient (Wildman–Crippen LogP) is 5.33. The smallest absolute Gasteiger partial charge is 0.214 e. The average Bonchev–Trinajstić information content (AvgIpc) is 3.53. The Hall–Kier alpha value is -1.96. The Balaban J connectivity index is 1.31. The molecule has 3 aromatic rings. The van der Waals surface area contributed by atoms with Gasteiger partial charge in [-0.15, -0.1) is 0 Å². The average molecular weight is 462 g/mol. The maximum absolute atomic E-state index is 14.2. The number of pyridine rings is 1. The summed E-state index contributed by atoms with van der Waals surface area (Å²) in [6.45, 7) is 1.07. The number of halogens is 2. The molecule has 8 heteroatoms. The van der Waals surface area contributed by atoms with E-state index in [4.69, 9.17) is 11.6 Å². The number of nitrogens with one attached hydrogen (secondary N) is 1. The van der Waals surface area contributed by atoms with Crippen LogP contribution in [0.3, 0.4) is 0 Å². The molecule has 31 heavy (non-hydrogen) atoms. The summed E-state index contributed by atoms with van der Waals surface area (Å²) in [7, 11) is -3.16. The standard InChI is InChI=1S/C23H25ClFN3O2S/c24-20-13-17(19-5-9-26-23-22(19)21(25)14-27-23)3-4-18(20)16-6-10-28(11-7-16)31(29,30)12-8-15-1-2-15/h3-5,9,13-16H,1-2,6-8,10-12H2,(H,26,27). The van der Waals surface area contributed by atoms with Crippen LogP contribution in [-0.2, 0) is 10.0 Å². The highest BCUT2D eigenvalue weighted by atomic mass is 35.5. The third-order valence-electron chi connectivity index (χ3n) is 6.60. The molecule has 0 radical (unpaired) electrons. The Labute approximate surface area is 186 Å². The number of hydrogen-bond acceptors (Lipinski definition) is 3. The number of rotatable bonds is 6. The lowest BCUT2D eigenvalue weighted by Crippen LogP contribution is -2.39. The highest BCUT2D eigenvalue weighted by Crippen LogP contribution is 2.38. The lowest BCUT2D eigenvalue weighted by Gasteiger charge is -2.32. The van der Waals surface area contributed by atoms with E-state index in [1.54, 1.807) is 16.6 Å². The molecule has 3 heterocycles. The van der Waals surface area contributed by atoms with Gasteiger partial charge in [0.05, 0.1) is 11.1 Å². The van der Waals surface area contributed by atoms with E-state index in [0.717, 1.165) is 36.0 Å². The molecule has 2 aromatic heterocycles. The molecule has 0 atom stereocenters. The van der Waals surface area contributed by atoms with Gasteiger partial charge in [0.25, 0.3) is 0 Å². The molecule has 1 aliphatic carbocycles. The molecule has 0 spiro atoms. The van der Waals surface area contributed by atoms with Crippen LogP contribution in [0, 0.1) is 11.7 Å². The monoisotopic (exact) mass is 461 g/mol. The minimum atomic E-state index is -3.16. The largest absolute Gasteiger partial charge is 0.343 e. The summed E-state index contributed by atoms with van der Waals surface area (Å²) in [5.41, 5.74) is 3.11. The van der Waals surface area contributed by atoms with E-state index in [1.807, 2.05) is 18.2 Å². The molecule has 0 unspecified atom stereocenters. The summed E-state index contributed by atoms with van der Waals surface area (Å²) >= 11 is 6.65. The van der Waals surface area contributed by atoms with Crippen LogP contribution in [0.15, 0.2) is 36.7 Å². The summed E-state index contributed by atoms with van der Waals surface area (Å²) in [4.78, 5) is 7.01. The van der Waals surface area contributed by atoms with Gasteiger partial charge in [-0.05, 0) is 59.9 Å². The van der Waals surface area contributed by atoms with Gasteiger partial charge in [0.1, 0.15) is 5.65 Å². The van der Waals surface area contributed by atoms with Crippen LogP contribution in [0.25, 0.3) is 22.2 Å². The summed E-state index contributed by atoms with van der Waals surface area (Å²) in [5, 5.41) is 1.09. The molecular weight excluding hydrogens is 437 g/mol. The van der Waals surface area contributed by atoms with Crippen LogP contribution in [-0.4, -0.2) is 41.5 Å². The zero-order valence-electron chi connectivity index (χ0n) is 17.2. The topological polar surface area (TPSA) is 66.1 Å². The molecule has 5 nitrogen and oxygen atoms in total. The van der Waals surface area contributed by atoms with Gasteiger partial charge in [-0.2, -0.15) is 0 Å². The number of fused-ring (bicyclic) bond motifs is 1. The fraction of sp³-hybridized carbons (Fsp3) is 0.435. The predicted molar refractivity (Wildman–Crippen MR) is 121 cm³/mol. The second-order valence-electron chi connectivity index (χ2n) is 8.68. The van der Waals surface area contributed by atoms with Gasteiger partial charge in [0, 0.05) is 30.5 Å². The number of benzene rings is 1. The van der Waals surface area contributed by atoms with Crippen LogP contribution < -0.4 is 0 Å². The van der Waals surface area contributed by atoms with E-state index in [0.29, 0.717) is 35.1 Å². The molecule has 0 bridgehead atoms. The fourth-order valence-corrected chi connectivity index (χ4v) is 6.57. The zero-order valence-corrected chi connectivity index (χ0v) is 18.7. The second kappa shape index (κ2) is 8.19. The molecular formula is C23H25ClFN3O2S. The third-order valence-corrected chi connectivity index (χ3v) is 8.84. The number of nitrogens with zero attached hydrogens (tertiary/aromatic N) is 2. The maximum Gasteiger partial charge on any atom is 0.214 e.